The maximum atomic E-state index is 12.9. The van der Waals surface area contributed by atoms with Crippen molar-refractivity contribution in [1.29, 1.82) is 0 Å². The number of rotatable bonds is 4. The number of benzene rings is 1. The number of hydrogen-bond acceptors (Lipinski definition) is 6. The van der Waals surface area contributed by atoms with Gasteiger partial charge < -0.3 is 11.1 Å². The van der Waals surface area contributed by atoms with Crippen molar-refractivity contribution in [2.45, 2.75) is 16.5 Å². The number of anilines is 2. The average Bonchev–Trinajstić information content (AvgIpc) is 2.78. The summed E-state index contributed by atoms with van der Waals surface area (Å²) in [6.45, 7) is 1.72. The van der Waals surface area contributed by atoms with E-state index < -0.39 is 11.1 Å². The third kappa shape index (κ3) is 3.81. The SMILES string of the molecule is C[C@H](Sc1nnc(N)s1)C(=O)Nc1ccc(F)cc1Cl. The van der Waals surface area contributed by atoms with Gasteiger partial charge in [0.25, 0.3) is 0 Å². The Bertz CT molecular complexity index is 637. The van der Waals surface area contributed by atoms with E-state index in [2.05, 4.69) is 15.5 Å². The van der Waals surface area contributed by atoms with E-state index >= 15 is 0 Å². The molecule has 2 aromatic rings. The van der Waals surface area contributed by atoms with Gasteiger partial charge in [0.15, 0.2) is 4.34 Å². The van der Waals surface area contributed by atoms with Crippen LogP contribution in [0.2, 0.25) is 5.02 Å². The lowest BCUT2D eigenvalue weighted by Crippen LogP contribution is -2.22. The van der Waals surface area contributed by atoms with Gasteiger partial charge in [-0.05, 0) is 25.1 Å². The van der Waals surface area contributed by atoms with Crippen LogP contribution in [0.1, 0.15) is 6.92 Å². The summed E-state index contributed by atoms with van der Waals surface area (Å²) in [7, 11) is 0. The molecule has 0 saturated heterocycles. The molecule has 1 atom stereocenters. The molecule has 5 nitrogen and oxygen atoms in total. The van der Waals surface area contributed by atoms with Gasteiger partial charge in [-0.3, -0.25) is 4.79 Å². The second-order valence-electron chi connectivity index (χ2n) is 3.78. The molecule has 9 heteroatoms. The maximum Gasteiger partial charge on any atom is 0.237 e. The number of carbonyl (C=O) groups is 1. The van der Waals surface area contributed by atoms with Gasteiger partial charge in [-0.2, -0.15) is 0 Å². The first-order valence-corrected chi connectivity index (χ1v) is 7.54. The lowest BCUT2D eigenvalue weighted by Gasteiger charge is -2.11. The molecule has 20 heavy (non-hydrogen) atoms. The predicted molar refractivity (Wildman–Crippen MR) is 79.7 cm³/mol. The van der Waals surface area contributed by atoms with E-state index in [1.807, 2.05) is 0 Å². The van der Waals surface area contributed by atoms with Crippen molar-refractivity contribution in [2.75, 3.05) is 11.1 Å². The lowest BCUT2D eigenvalue weighted by molar-refractivity contribution is -0.115. The van der Waals surface area contributed by atoms with E-state index in [9.17, 15) is 9.18 Å². The number of hydrogen-bond donors (Lipinski definition) is 2. The Kier molecular flexibility index (Phi) is 4.79. The summed E-state index contributed by atoms with van der Waals surface area (Å²) in [5.41, 5.74) is 5.83. The number of nitrogens with zero attached hydrogens (tertiary/aromatic N) is 2. The first-order valence-electron chi connectivity index (χ1n) is 5.47. The summed E-state index contributed by atoms with van der Waals surface area (Å²) in [6.07, 6.45) is 0. The van der Waals surface area contributed by atoms with E-state index in [4.69, 9.17) is 17.3 Å². The van der Waals surface area contributed by atoms with Crippen molar-refractivity contribution < 1.29 is 9.18 Å². The van der Waals surface area contributed by atoms with Crippen LogP contribution in [0, 0.1) is 5.82 Å². The zero-order valence-electron chi connectivity index (χ0n) is 10.3. The van der Waals surface area contributed by atoms with Crippen LogP contribution in [0.4, 0.5) is 15.2 Å². The number of nitrogens with two attached hydrogens (primary N) is 1. The second kappa shape index (κ2) is 6.38. The normalized spacial score (nSPS) is 12.2. The van der Waals surface area contributed by atoms with E-state index in [1.54, 1.807) is 6.92 Å². The van der Waals surface area contributed by atoms with Gasteiger partial charge in [0.05, 0.1) is 16.0 Å². The van der Waals surface area contributed by atoms with Crippen molar-refractivity contribution in [3.63, 3.8) is 0 Å². The van der Waals surface area contributed by atoms with Crippen molar-refractivity contribution >= 4 is 51.4 Å². The topological polar surface area (TPSA) is 80.9 Å². The molecule has 0 aliphatic rings. The number of nitrogen functional groups attached to an aromatic ring is 1. The van der Waals surface area contributed by atoms with Crippen molar-refractivity contribution in [1.82, 2.24) is 10.2 Å². The smallest absolute Gasteiger partial charge is 0.237 e. The highest BCUT2D eigenvalue weighted by Gasteiger charge is 2.18. The molecular formula is C11H10ClFN4OS2. The van der Waals surface area contributed by atoms with E-state index in [0.29, 0.717) is 15.2 Å². The van der Waals surface area contributed by atoms with Crippen LogP contribution < -0.4 is 11.1 Å². The molecule has 0 bridgehead atoms. The van der Waals surface area contributed by atoms with Gasteiger partial charge in [0.1, 0.15) is 5.82 Å². The Morgan fingerprint density at radius 2 is 2.30 bits per heavy atom. The molecule has 0 unspecified atom stereocenters. The number of nitrogens with one attached hydrogen (secondary N) is 1. The van der Waals surface area contributed by atoms with Gasteiger partial charge in [-0.15, -0.1) is 10.2 Å². The third-order valence-electron chi connectivity index (χ3n) is 2.26. The molecule has 0 saturated carbocycles. The van der Waals surface area contributed by atoms with Gasteiger partial charge >= 0.3 is 0 Å². The highest BCUT2D eigenvalue weighted by Crippen LogP contribution is 2.29. The molecule has 1 aromatic heterocycles. The predicted octanol–water partition coefficient (Wildman–Crippen LogP) is 3.03. The summed E-state index contributed by atoms with van der Waals surface area (Å²) in [5, 5.41) is 10.2. The molecular weight excluding hydrogens is 323 g/mol. The summed E-state index contributed by atoms with van der Waals surface area (Å²) in [6, 6.07) is 3.78. The first kappa shape index (κ1) is 15.0. The molecule has 1 amide bonds. The van der Waals surface area contributed by atoms with Crippen molar-refractivity contribution in [2.24, 2.45) is 0 Å². The van der Waals surface area contributed by atoms with Crippen LogP contribution in [0.25, 0.3) is 0 Å². The quantitative estimate of drug-likeness (QED) is 0.841. The minimum atomic E-state index is -0.459. The maximum absolute atomic E-state index is 12.9. The molecule has 106 valence electrons. The summed E-state index contributed by atoms with van der Waals surface area (Å²) in [5.74, 6) is -0.725. The van der Waals surface area contributed by atoms with E-state index in [0.717, 1.165) is 6.07 Å². The van der Waals surface area contributed by atoms with E-state index in [-0.39, 0.29) is 10.9 Å². The van der Waals surface area contributed by atoms with Crippen LogP contribution >= 0.6 is 34.7 Å². The summed E-state index contributed by atoms with van der Waals surface area (Å²) < 4.78 is 13.5. The molecule has 2 rings (SSSR count). The Labute approximate surface area is 127 Å². The van der Waals surface area contributed by atoms with Gasteiger partial charge in [-0.25, -0.2) is 4.39 Å². The molecule has 0 spiro atoms. The number of halogens is 2. The number of thioether (sulfide) groups is 1. The highest BCUT2D eigenvalue weighted by atomic mass is 35.5. The number of carbonyl (C=O) groups excluding carboxylic acids is 1. The molecule has 1 aromatic carbocycles. The van der Waals surface area contributed by atoms with E-state index in [1.165, 1.54) is 35.2 Å². The molecule has 0 aliphatic heterocycles. The Hall–Kier alpha value is -1.38. The van der Waals surface area contributed by atoms with Crippen LogP contribution in [0.15, 0.2) is 22.5 Å². The van der Waals surface area contributed by atoms with Crippen LogP contribution in [-0.2, 0) is 4.79 Å². The zero-order valence-corrected chi connectivity index (χ0v) is 12.7. The molecule has 1 heterocycles. The second-order valence-corrected chi connectivity index (χ2v) is 6.78. The monoisotopic (exact) mass is 332 g/mol. The number of amides is 1. The Morgan fingerprint density at radius 3 is 2.90 bits per heavy atom. The van der Waals surface area contributed by atoms with Gasteiger partial charge in [0.2, 0.25) is 11.0 Å². The van der Waals surface area contributed by atoms with Crippen molar-refractivity contribution in [3.05, 3.63) is 29.0 Å². The zero-order chi connectivity index (χ0) is 14.7. The molecule has 0 aliphatic carbocycles. The van der Waals surface area contributed by atoms with Gasteiger partial charge in [0, 0.05) is 0 Å². The van der Waals surface area contributed by atoms with Crippen LogP contribution in [0.3, 0.4) is 0 Å². The highest BCUT2D eigenvalue weighted by molar-refractivity contribution is 8.02. The standard InChI is InChI=1S/C11H10ClFN4OS2/c1-5(19-11-17-16-10(14)20-11)9(18)15-8-3-2-6(13)4-7(8)12/h2-5H,1H3,(H2,14,16)(H,15,18)/t5-/m0/s1. The fourth-order valence-electron chi connectivity index (χ4n) is 1.30. The fourth-order valence-corrected chi connectivity index (χ4v) is 3.29. The minimum absolute atomic E-state index is 0.149. The minimum Gasteiger partial charge on any atom is -0.374 e. The van der Waals surface area contributed by atoms with Crippen LogP contribution in [-0.4, -0.2) is 21.4 Å². The lowest BCUT2D eigenvalue weighted by atomic mass is 10.3. The van der Waals surface area contributed by atoms with Gasteiger partial charge in [-0.1, -0.05) is 34.7 Å². The number of aromatic nitrogens is 2. The summed E-state index contributed by atoms with van der Waals surface area (Å²) >= 11 is 8.29. The molecule has 0 fully saturated rings. The molecule has 3 N–H and O–H groups in total. The average molecular weight is 333 g/mol. The van der Waals surface area contributed by atoms with Crippen LogP contribution in [0.5, 0.6) is 0 Å². The summed E-state index contributed by atoms with van der Waals surface area (Å²) in [4.78, 5) is 12.0. The first-order chi connectivity index (χ1) is 9.45. The third-order valence-corrected chi connectivity index (χ3v) is 4.51. The Balaban J connectivity index is 2.00. The largest absolute Gasteiger partial charge is 0.374 e. The fraction of sp³-hybridized carbons (Fsp3) is 0.182. The molecule has 0 radical (unpaired) electrons. The van der Waals surface area contributed by atoms with Crippen molar-refractivity contribution in [3.8, 4) is 0 Å². The Morgan fingerprint density at radius 1 is 1.55 bits per heavy atom.